The summed E-state index contributed by atoms with van der Waals surface area (Å²) in [6.07, 6.45) is -0.0683. The number of benzene rings is 1. The minimum absolute atomic E-state index is 0.162. The largest absolute Gasteiger partial charge is 0.497 e. The summed E-state index contributed by atoms with van der Waals surface area (Å²) in [6.45, 7) is 0. The van der Waals surface area contributed by atoms with E-state index >= 15 is 0 Å². The van der Waals surface area contributed by atoms with Crippen LogP contribution < -0.4 is 4.74 Å². The van der Waals surface area contributed by atoms with Gasteiger partial charge >= 0.3 is 0 Å². The van der Waals surface area contributed by atoms with Crippen LogP contribution in [0.1, 0.15) is 24.5 Å². The van der Waals surface area contributed by atoms with E-state index in [0.717, 1.165) is 16.4 Å². The van der Waals surface area contributed by atoms with Crippen molar-refractivity contribution in [1.82, 2.24) is 5.06 Å². The average molecular weight is 253 g/mol. The number of nitrogens with zero attached hydrogens (tertiary/aromatic N) is 1. The molecule has 1 aromatic carbocycles. The second kappa shape index (κ2) is 6.98. The fraction of sp³-hybridized carbons (Fsp3) is 0.462. The molecule has 0 aromatic heterocycles. The maximum Gasteiger partial charge on any atom is 0.245 e. The summed E-state index contributed by atoms with van der Waals surface area (Å²) in [6, 6.07) is 7.13. The highest BCUT2D eigenvalue weighted by molar-refractivity contribution is 5.74. The Morgan fingerprint density at radius 3 is 2.44 bits per heavy atom. The molecule has 0 aliphatic heterocycles. The number of carbonyl (C=O) groups is 1. The monoisotopic (exact) mass is 253 g/mol. The van der Waals surface area contributed by atoms with Gasteiger partial charge in [-0.05, 0) is 24.1 Å². The predicted molar refractivity (Wildman–Crippen MR) is 67.0 cm³/mol. The molecule has 100 valence electrons. The van der Waals surface area contributed by atoms with Crippen molar-refractivity contribution >= 4 is 5.91 Å². The van der Waals surface area contributed by atoms with Crippen molar-refractivity contribution in [2.45, 2.75) is 18.9 Å². The average Bonchev–Trinajstić information content (AvgIpc) is 2.43. The highest BCUT2D eigenvalue weighted by atomic mass is 16.7. The van der Waals surface area contributed by atoms with Gasteiger partial charge in [0.25, 0.3) is 0 Å². The van der Waals surface area contributed by atoms with Gasteiger partial charge < -0.3 is 9.84 Å². The van der Waals surface area contributed by atoms with E-state index in [1.165, 1.54) is 7.11 Å². The quantitative estimate of drug-likeness (QED) is 0.781. The number of methoxy groups -OCH3 is 1. The van der Waals surface area contributed by atoms with Gasteiger partial charge in [-0.15, -0.1) is 0 Å². The second-order valence-electron chi connectivity index (χ2n) is 3.90. The van der Waals surface area contributed by atoms with Gasteiger partial charge in [-0.3, -0.25) is 9.63 Å². The van der Waals surface area contributed by atoms with Gasteiger partial charge in [0, 0.05) is 13.5 Å². The van der Waals surface area contributed by atoms with E-state index in [-0.39, 0.29) is 12.3 Å². The van der Waals surface area contributed by atoms with Gasteiger partial charge in [0.15, 0.2) is 0 Å². The third-order valence-corrected chi connectivity index (χ3v) is 2.76. The third-order valence-electron chi connectivity index (χ3n) is 2.76. The number of hydroxylamine groups is 2. The lowest BCUT2D eigenvalue weighted by atomic mass is 10.0. The van der Waals surface area contributed by atoms with E-state index in [2.05, 4.69) is 0 Å². The first-order valence-corrected chi connectivity index (χ1v) is 5.71. The Kier molecular flexibility index (Phi) is 5.61. The van der Waals surface area contributed by atoms with Crippen LogP contribution in [0.5, 0.6) is 5.75 Å². The van der Waals surface area contributed by atoms with Crippen molar-refractivity contribution in [2.75, 3.05) is 21.3 Å². The van der Waals surface area contributed by atoms with Crippen molar-refractivity contribution in [3.8, 4) is 5.75 Å². The Bertz CT molecular complexity index is 377. The Balaban J connectivity index is 2.49. The first kappa shape index (κ1) is 14.5. The maximum atomic E-state index is 11.5. The van der Waals surface area contributed by atoms with Crippen molar-refractivity contribution in [3.63, 3.8) is 0 Å². The number of amides is 1. The van der Waals surface area contributed by atoms with Gasteiger partial charge in [-0.1, -0.05) is 12.1 Å². The molecule has 1 atom stereocenters. The van der Waals surface area contributed by atoms with Gasteiger partial charge in [-0.25, -0.2) is 5.06 Å². The molecule has 0 saturated carbocycles. The molecule has 0 saturated heterocycles. The van der Waals surface area contributed by atoms with Crippen LogP contribution in [0.2, 0.25) is 0 Å². The van der Waals surface area contributed by atoms with Crippen LogP contribution in [0.4, 0.5) is 0 Å². The number of hydrogen-bond donors (Lipinski definition) is 1. The molecule has 0 aliphatic carbocycles. The number of hydrogen-bond acceptors (Lipinski definition) is 4. The summed E-state index contributed by atoms with van der Waals surface area (Å²) in [7, 11) is 4.56. The van der Waals surface area contributed by atoms with Crippen LogP contribution in [0.15, 0.2) is 24.3 Å². The van der Waals surface area contributed by atoms with Gasteiger partial charge in [0.05, 0.1) is 20.3 Å². The minimum Gasteiger partial charge on any atom is -0.497 e. The number of aliphatic hydroxyl groups excluding tert-OH is 1. The highest BCUT2D eigenvalue weighted by Gasteiger charge is 2.13. The summed E-state index contributed by atoms with van der Waals surface area (Å²) < 4.78 is 5.03. The standard InChI is InChI=1S/C13H19NO4/c1-14(18-3)13(16)9-8-12(15)10-4-6-11(17-2)7-5-10/h4-7,12,15H,8-9H2,1-3H3. The molecule has 1 unspecified atom stereocenters. The Hall–Kier alpha value is -1.59. The van der Waals surface area contributed by atoms with Crippen LogP contribution in [-0.4, -0.2) is 37.3 Å². The second-order valence-corrected chi connectivity index (χ2v) is 3.90. The van der Waals surface area contributed by atoms with Crippen molar-refractivity contribution in [2.24, 2.45) is 0 Å². The zero-order chi connectivity index (χ0) is 13.5. The zero-order valence-corrected chi connectivity index (χ0v) is 10.9. The van der Waals surface area contributed by atoms with E-state index in [9.17, 15) is 9.90 Å². The molecule has 0 spiro atoms. The lowest BCUT2D eigenvalue weighted by Crippen LogP contribution is -2.25. The molecule has 0 bridgehead atoms. The van der Waals surface area contributed by atoms with Gasteiger partial charge in [0.1, 0.15) is 5.75 Å². The molecule has 5 nitrogen and oxygen atoms in total. The highest BCUT2D eigenvalue weighted by Crippen LogP contribution is 2.21. The summed E-state index contributed by atoms with van der Waals surface area (Å²) in [5, 5.41) is 11.1. The van der Waals surface area contributed by atoms with E-state index in [4.69, 9.17) is 9.57 Å². The zero-order valence-electron chi connectivity index (χ0n) is 10.9. The van der Waals surface area contributed by atoms with E-state index in [1.54, 1.807) is 38.4 Å². The van der Waals surface area contributed by atoms with Gasteiger partial charge in [-0.2, -0.15) is 0 Å². The number of aliphatic hydroxyl groups is 1. The van der Waals surface area contributed by atoms with E-state index in [0.29, 0.717) is 6.42 Å². The van der Waals surface area contributed by atoms with Crippen molar-refractivity contribution < 1.29 is 19.5 Å². The lowest BCUT2D eigenvalue weighted by molar-refractivity contribution is -0.169. The Morgan fingerprint density at radius 2 is 1.94 bits per heavy atom. The molecule has 0 aliphatic rings. The summed E-state index contributed by atoms with van der Waals surface area (Å²) in [5.41, 5.74) is 0.767. The molecule has 0 radical (unpaired) electrons. The van der Waals surface area contributed by atoms with Crippen LogP contribution in [-0.2, 0) is 9.63 Å². The van der Waals surface area contributed by atoms with E-state index in [1.807, 2.05) is 0 Å². The van der Waals surface area contributed by atoms with Crippen LogP contribution in [0, 0.1) is 0 Å². The first-order valence-electron chi connectivity index (χ1n) is 5.71. The van der Waals surface area contributed by atoms with Crippen LogP contribution >= 0.6 is 0 Å². The molecular formula is C13H19NO4. The lowest BCUT2D eigenvalue weighted by Gasteiger charge is -2.15. The topological polar surface area (TPSA) is 59.0 Å². The van der Waals surface area contributed by atoms with E-state index < -0.39 is 6.10 Å². The summed E-state index contributed by atoms with van der Waals surface area (Å²) in [5.74, 6) is 0.575. The van der Waals surface area contributed by atoms with Crippen LogP contribution in [0.25, 0.3) is 0 Å². The maximum absolute atomic E-state index is 11.5. The molecule has 1 N–H and O–H groups in total. The number of ether oxygens (including phenoxy) is 1. The van der Waals surface area contributed by atoms with Crippen LogP contribution in [0.3, 0.4) is 0 Å². The summed E-state index contributed by atoms with van der Waals surface area (Å²) >= 11 is 0. The molecule has 1 amide bonds. The third kappa shape index (κ3) is 4.01. The van der Waals surface area contributed by atoms with Crippen molar-refractivity contribution in [1.29, 1.82) is 0 Å². The fourth-order valence-corrected chi connectivity index (χ4v) is 1.51. The number of rotatable bonds is 6. The number of carbonyl (C=O) groups excluding carboxylic acids is 1. The normalized spacial score (nSPS) is 12.0. The molecule has 0 heterocycles. The SMILES string of the molecule is COc1ccc(C(O)CCC(=O)N(C)OC)cc1. The minimum atomic E-state index is -0.662. The summed E-state index contributed by atoms with van der Waals surface area (Å²) in [4.78, 5) is 16.2. The molecule has 5 heteroatoms. The molecule has 0 fully saturated rings. The molecule has 18 heavy (non-hydrogen) atoms. The smallest absolute Gasteiger partial charge is 0.245 e. The van der Waals surface area contributed by atoms with Crippen molar-refractivity contribution in [3.05, 3.63) is 29.8 Å². The molecule has 1 aromatic rings. The Labute approximate surface area is 107 Å². The van der Waals surface area contributed by atoms with Gasteiger partial charge in [0.2, 0.25) is 5.91 Å². The molecule has 1 rings (SSSR count). The first-order chi connectivity index (χ1) is 8.58. The Morgan fingerprint density at radius 1 is 1.33 bits per heavy atom. The molecular weight excluding hydrogens is 234 g/mol. The fourth-order valence-electron chi connectivity index (χ4n) is 1.51. The predicted octanol–water partition coefficient (Wildman–Crippen LogP) is 1.53.